The fraction of sp³-hybridized carbons (Fsp3) is 0.388. The van der Waals surface area contributed by atoms with Gasteiger partial charge in [-0.2, -0.15) is 4.57 Å². The quantitative estimate of drug-likeness (QED) is 0.0150. The van der Waals surface area contributed by atoms with Crippen LogP contribution in [0, 0.1) is 0 Å². The molecule has 81 heavy (non-hydrogen) atoms. The maximum absolute atomic E-state index is 13.4. The number of pyridine rings is 2. The van der Waals surface area contributed by atoms with Crippen molar-refractivity contribution in [2.45, 2.75) is 56.3 Å². The van der Waals surface area contributed by atoms with Gasteiger partial charge in [-0.1, -0.05) is 10.3 Å². The second kappa shape index (κ2) is 26.5. The number of aliphatic carboxylic acids is 2. The number of β-lactam (4-membered cyclic amide) rings is 2. The Hall–Kier alpha value is -8.04. The van der Waals surface area contributed by atoms with E-state index in [2.05, 4.69) is 30.9 Å². The Morgan fingerprint density at radius 1 is 0.728 bits per heavy atom. The molecule has 0 bridgehead atoms. The van der Waals surface area contributed by atoms with Crippen molar-refractivity contribution in [1.29, 1.82) is 0 Å². The molecular formula is C49H56N14O14S4+2. The molecule has 2 saturated heterocycles. The maximum Gasteiger partial charge on any atom is 0.352 e. The number of anilines is 3. The van der Waals surface area contributed by atoms with Crippen LogP contribution in [-0.2, 0) is 77.1 Å². The van der Waals surface area contributed by atoms with E-state index >= 15 is 0 Å². The zero-order chi connectivity index (χ0) is 58.1. The van der Waals surface area contributed by atoms with Crippen LogP contribution in [0.4, 0.5) is 16.0 Å². The lowest BCUT2D eigenvalue weighted by atomic mass is 10.0. The second-order valence-corrected chi connectivity index (χ2v) is 21.9. The number of rotatable bonds is 26. The van der Waals surface area contributed by atoms with Gasteiger partial charge in [0.2, 0.25) is 5.91 Å². The molecule has 8 N–H and O–H groups in total. The number of ether oxygens (including phenoxy) is 2. The molecule has 8 heterocycles. The summed E-state index contributed by atoms with van der Waals surface area (Å²) in [4.78, 5) is 128. The minimum atomic E-state index is -1.31. The summed E-state index contributed by atoms with van der Waals surface area (Å²) in [5, 5.41) is 35.4. The smallest absolute Gasteiger partial charge is 0.352 e. The van der Waals surface area contributed by atoms with Gasteiger partial charge >= 0.3 is 11.9 Å². The fourth-order valence-electron chi connectivity index (χ4n) is 9.02. The molecule has 4 atom stereocenters. The van der Waals surface area contributed by atoms with Crippen LogP contribution in [0.2, 0.25) is 0 Å². The highest BCUT2D eigenvalue weighted by Crippen LogP contribution is 2.42. The van der Waals surface area contributed by atoms with Crippen molar-refractivity contribution < 1.29 is 76.9 Å². The number of likely N-dealkylation sites (N-methyl/N-ethyl adjacent to an activating group) is 2. The number of hydrogen-bond donors (Lipinski definition) is 6. The van der Waals surface area contributed by atoms with Gasteiger partial charge in [-0.25, -0.2) is 24.1 Å². The number of nitrogens with one attached hydrogen (secondary N) is 2. The Morgan fingerprint density at radius 2 is 1.22 bits per heavy atom. The number of hydrogen-bond acceptors (Lipinski definition) is 22. The van der Waals surface area contributed by atoms with E-state index < -0.39 is 58.4 Å². The number of fused-ring (bicyclic) bond motifs is 2. The van der Waals surface area contributed by atoms with Gasteiger partial charge in [0.05, 0.1) is 13.2 Å². The molecule has 28 nitrogen and oxygen atoms in total. The lowest BCUT2D eigenvalue weighted by molar-refractivity contribution is -0.689. The number of carbonyl (C=O) groups is 8. The highest BCUT2D eigenvalue weighted by atomic mass is 32.2. The fourth-order valence-corrected chi connectivity index (χ4v) is 12.8. The average Bonchev–Trinajstić information content (AvgIpc) is 4.25. The highest BCUT2D eigenvalue weighted by Gasteiger charge is 2.56. The van der Waals surface area contributed by atoms with Gasteiger partial charge < -0.3 is 61.3 Å². The number of oxime groups is 2. The Labute approximate surface area is 478 Å². The van der Waals surface area contributed by atoms with Crippen LogP contribution < -0.4 is 36.1 Å². The van der Waals surface area contributed by atoms with E-state index in [1.807, 2.05) is 6.92 Å². The number of carbonyl (C=O) groups excluding carboxylic acids is 6. The Kier molecular flexibility index (Phi) is 19.3. The summed E-state index contributed by atoms with van der Waals surface area (Å²) in [6.07, 6.45) is 6.90. The topological polar surface area (TPSA) is 361 Å². The molecular weight excluding hydrogens is 1140 g/mol. The first-order chi connectivity index (χ1) is 39.0. The van der Waals surface area contributed by atoms with Crippen molar-refractivity contribution in [3.63, 3.8) is 0 Å². The third-order valence-corrected chi connectivity index (χ3v) is 16.8. The van der Waals surface area contributed by atoms with Gasteiger partial charge in [-0.05, 0) is 25.5 Å². The summed E-state index contributed by atoms with van der Waals surface area (Å²) in [6.45, 7) is 4.28. The third-order valence-electron chi connectivity index (χ3n) is 12.8. The molecule has 4 unspecified atom stereocenters. The Bertz CT molecular complexity index is 3240. The molecule has 0 aromatic carbocycles. The number of nitrogens with zero attached hydrogens (tertiary/aromatic N) is 10. The number of thiazole rings is 2. The summed E-state index contributed by atoms with van der Waals surface area (Å²) < 4.78 is 14.7. The van der Waals surface area contributed by atoms with E-state index in [0.29, 0.717) is 23.4 Å². The number of aromatic nitrogens is 4. The van der Waals surface area contributed by atoms with Crippen molar-refractivity contribution >= 4 is 121 Å². The molecule has 0 aliphatic carbocycles. The number of carboxylic acids is 2. The molecule has 4 aliphatic heterocycles. The predicted octanol–water partition coefficient (Wildman–Crippen LogP) is -0.648. The molecule has 6 amide bonds. The summed E-state index contributed by atoms with van der Waals surface area (Å²) in [5.74, 6) is -5.42. The van der Waals surface area contributed by atoms with Crippen LogP contribution in [-0.4, -0.2) is 182 Å². The molecule has 428 valence electrons. The van der Waals surface area contributed by atoms with Crippen LogP contribution in [0.25, 0.3) is 0 Å². The Morgan fingerprint density at radius 3 is 1.67 bits per heavy atom. The third kappa shape index (κ3) is 13.3. The van der Waals surface area contributed by atoms with E-state index in [1.165, 1.54) is 58.3 Å². The lowest BCUT2D eigenvalue weighted by Gasteiger charge is -2.49. The van der Waals surface area contributed by atoms with Crippen molar-refractivity contribution in [2.24, 2.45) is 10.3 Å². The zero-order valence-corrected chi connectivity index (χ0v) is 47.2. The maximum atomic E-state index is 13.4. The molecule has 0 saturated carbocycles. The number of carboxylic acid groups (broad SMARTS) is 2. The van der Waals surface area contributed by atoms with Gasteiger partial charge in [0.15, 0.2) is 59.6 Å². The monoisotopic (exact) mass is 1190 g/mol. The summed E-state index contributed by atoms with van der Waals surface area (Å²) in [6, 6.07) is 4.99. The first-order valence-electron chi connectivity index (χ1n) is 24.7. The SMILES string of the molecule is CCN(Cc1cc[n+](CC2=C(C(=O)O)N3C(=O)C(NC(=O)/C(=N\OC)c4csc(N)n4)C3SC2)cc1)C(=O)COCCOCC(=O)N(CC)c1ccc[n+](CC2=C(C(=O)O)N3C(=O)C(NC(=O)/C(=N\OC)c4csc(N)n4)C3SC2)c1. The van der Waals surface area contributed by atoms with Gasteiger partial charge in [0.25, 0.3) is 29.5 Å². The van der Waals surface area contributed by atoms with Gasteiger partial charge in [-0.3, -0.25) is 38.6 Å². The van der Waals surface area contributed by atoms with Gasteiger partial charge in [-0.15, -0.1) is 46.2 Å². The minimum Gasteiger partial charge on any atom is -0.477 e. The first-order valence-corrected chi connectivity index (χ1v) is 28.6. The van der Waals surface area contributed by atoms with Gasteiger partial charge in [0, 0.05) is 71.2 Å². The summed E-state index contributed by atoms with van der Waals surface area (Å²) in [5.41, 5.74) is 13.3. The van der Waals surface area contributed by atoms with Gasteiger partial charge in [0.1, 0.15) is 78.7 Å². The minimum absolute atomic E-state index is 0.0148. The molecule has 8 rings (SSSR count). The van der Waals surface area contributed by atoms with Crippen molar-refractivity contribution in [2.75, 3.05) is 81.6 Å². The number of thioether (sulfide) groups is 2. The van der Waals surface area contributed by atoms with Crippen LogP contribution in [0.1, 0.15) is 30.8 Å². The number of amides is 6. The standard InChI is InChI=1S/C49H54N14O14S4/c1-5-60(16-26-9-12-58(13-10-26)17-27-22-78-44-36(42(68)62(44)38(27)46(70)71)54-40(66)34(56-74-3)30-24-80-48(50)52-30)32(64)20-76-14-15-77-21-33(65)61(6-2)29-8-7-11-59(19-29)18-28-23-79-45-37(43(69)63(45)39(28)47(72)73)55-41(67)35(57-75-4)31-25-81-49(51)53-31/h7-13,19,24-25,36-37,44-45H,5-6,14-18,20-23H2,1-4H3,(H6-2,50,51,52,53,54,55,66,67,70,71,72,73)/p+2/b56-34-,57-35-. The normalized spacial score (nSPS) is 18.8. The lowest BCUT2D eigenvalue weighted by Crippen LogP contribution is -2.71. The highest BCUT2D eigenvalue weighted by molar-refractivity contribution is 8.00. The van der Waals surface area contributed by atoms with Crippen molar-refractivity contribution in [3.8, 4) is 0 Å². The van der Waals surface area contributed by atoms with Crippen LogP contribution >= 0.6 is 46.2 Å². The van der Waals surface area contributed by atoms with E-state index in [1.54, 1.807) is 70.0 Å². The number of nitrogen functional groups attached to an aromatic ring is 2. The predicted molar refractivity (Wildman–Crippen MR) is 294 cm³/mol. The van der Waals surface area contributed by atoms with Crippen molar-refractivity contribution in [1.82, 2.24) is 35.3 Å². The van der Waals surface area contributed by atoms with E-state index in [9.17, 15) is 48.6 Å². The van der Waals surface area contributed by atoms with E-state index in [0.717, 1.165) is 33.1 Å². The molecule has 4 aromatic heterocycles. The van der Waals surface area contributed by atoms with Crippen molar-refractivity contribution in [3.05, 3.63) is 99.3 Å². The molecule has 4 aromatic rings. The summed E-state index contributed by atoms with van der Waals surface area (Å²) in [7, 11) is 2.51. The van der Waals surface area contributed by atoms with E-state index in [-0.39, 0.29) is 120 Å². The number of nitrogens with two attached hydrogens (primary N) is 2. The average molecular weight is 1190 g/mol. The van der Waals surface area contributed by atoms with Crippen LogP contribution in [0.5, 0.6) is 0 Å². The molecule has 0 radical (unpaired) electrons. The zero-order valence-electron chi connectivity index (χ0n) is 43.9. The Balaban J connectivity index is 0.773. The van der Waals surface area contributed by atoms with E-state index in [4.69, 9.17) is 30.6 Å². The molecule has 4 aliphatic rings. The second-order valence-electron chi connectivity index (χ2n) is 17.9. The first kappa shape index (κ1) is 59.1. The molecule has 0 spiro atoms. The molecule has 2 fully saturated rings. The molecule has 32 heteroatoms. The largest absolute Gasteiger partial charge is 0.477 e. The summed E-state index contributed by atoms with van der Waals surface area (Å²) >= 11 is 4.79. The van der Waals surface area contributed by atoms with Crippen LogP contribution in [0.15, 0.2) is 92.7 Å². The van der Waals surface area contributed by atoms with Crippen LogP contribution in [0.3, 0.4) is 0 Å².